The standard InChI is InChI=1S/C16H19FN2O2/c1-5-18-15-9-14(17)12(6-7-19(20)21)8-13(15)11(2)10-16(18,3)4/h6-10H,5H2,1-4H3/b7-6+. The number of benzene rings is 1. The number of nitro groups is 1. The van der Waals surface area contributed by atoms with Crippen molar-refractivity contribution >= 4 is 17.3 Å². The van der Waals surface area contributed by atoms with E-state index in [4.69, 9.17) is 0 Å². The van der Waals surface area contributed by atoms with Crippen molar-refractivity contribution in [2.24, 2.45) is 0 Å². The van der Waals surface area contributed by atoms with Gasteiger partial charge in [0.2, 0.25) is 6.20 Å². The second-order valence-electron chi connectivity index (χ2n) is 5.72. The Hall–Kier alpha value is -2.17. The molecule has 0 fully saturated rings. The van der Waals surface area contributed by atoms with Gasteiger partial charge in [-0.05, 0) is 45.4 Å². The molecule has 0 N–H and O–H groups in total. The van der Waals surface area contributed by atoms with Crippen LogP contribution >= 0.6 is 0 Å². The van der Waals surface area contributed by atoms with E-state index in [1.807, 2.05) is 13.8 Å². The molecule has 2 rings (SSSR count). The lowest BCUT2D eigenvalue weighted by Crippen LogP contribution is -2.45. The summed E-state index contributed by atoms with van der Waals surface area (Å²) in [6, 6.07) is 3.14. The lowest BCUT2D eigenvalue weighted by molar-refractivity contribution is -0.400. The van der Waals surface area contributed by atoms with E-state index in [-0.39, 0.29) is 11.1 Å². The smallest absolute Gasteiger partial charge is 0.235 e. The second kappa shape index (κ2) is 5.31. The molecule has 0 amide bonds. The molecule has 1 aliphatic heterocycles. The van der Waals surface area contributed by atoms with E-state index in [0.29, 0.717) is 0 Å². The van der Waals surface area contributed by atoms with Gasteiger partial charge in [0.05, 0.1) is 10.5 Å². The Balaban J connectivity index is 2.59. The Kier molecular flexibility index (Phi) is 3.85. The largest absolute Gasteiger partial charge is 0.363 e. The molecule has 1 heterocycles. The maximum atomic E-state index is 14.2. The van der Waals surface area contributed by atoms with Crippen molar-refractivity contribution in [3.05, 3.63) is 51.5 Å². The Morgan fingerprint density at radius 3 is 2.67 bits per heavy atom. The molecule has 0 atom stereocenters. The van der Waals surface area contributed by atoms with Crippen molar-refractivity contribution in [2.45, 2.75) is 33.2 Å². The predicted molar refractivity (Wildman–Crippen MR) is 83.2 cm³/mol. The third-order valence-corrected chi connectivity index (χ3v) is 3.79. The van der Waals surface area contributed by atoms with E-state index in [2.05, 4.69) is 24.8 Å². The first-order chi connectivity index (χ1) is 9.76. The molecule has 112 valence electrons. The molecular formula is C16H19FN2O2. The summed E-state index contributed by atoms with van der Waals surface area (Å²) < 4.78 is 14.2. The lowest BCUT2D eigenvalue weighted by Gasteiger charge is -2.42. The molecule has 0 radical (unpaired) electrons. The highest BCUT2D eigenvalue weighted by Gasteiger charge is 2.30. The zero-order valence-corrected chi connectivity index (χ0v) is 12.7. The van der Waals surface area contributed by atoms with Crippen LogP contribution in [-0.4, -0.2) is 17.0 Å². The number of nitrogens with zero attached hydrogens (tertiary/aromatic N) is 2. The summed E-state index contributed by atoms with van der Waals surface area (Å²) in [6.07, 6.45) is 4.09. The first-order valence-corrected chi connectivity index (χ1v) is 6.89. The quantitative estimate of drug-likeness (QED) is 0.622. The van der Waals surface area contributed by atoms with Gasteiger partial charge in [0.1, 0.15) is 5.82 Å². The summed E-state index contributed by atoms with van der Waals surface area (Å²) in [6.45, 7) is 8.93. The Labute approximate surface area is 123 Å². The van der Waals surface area contributed by atoms with Gasteiger partial charge in [0, 0.05) is 29.4 Å². The van der Waals surface area contributed by atoms with E-state index in [0.717, 1.165) is 29.6 Å². The molecule has 0 aliphatic carbocycles. The van der Waals surface area contributed by atoms with E-state index in [1.165, 1.54) is 12.1 Å². The van der Waals surface area contributed by atoms with Crippen LogP contribution in [0.1, 0.15) is 38.8 Å². The maximum Gasteiger partial charge on any atom is 0.235 e. The second-order valence-corrected chi connectivity index (χ2v) is 5.72. The third-order valence-electron chi connectivity index (χ3n) is 3.79. The molecule has 0 unspecified atom stereocenters. The summed E-state index contributed by atoms with van der Waals surface area (Å²) in [5.41, 5.74) is 2.85. The topological polar surface area (TPSA) is 46.4 Å². The van der Waals surface area contributed by atoms with Gasteiger partial charge in [0.15, 0.2) is 0 Å². The van der Waals surface area contributed by atoms with Crippen LogP contribution in [0.3, 0.4) is 0 Å². The van der Waals surface area contributed by atoms with Crippen molar-refractivity contribution in [3.8, 4) is 0 Å². The highest BCUT2D eigenvalue weighted by atomic mass is 19.1. The average molecular weight is 290 g/mol. The van der Waals surface area contributed by atoms with E-state index in [1.54, 1.807) is 6.07 Å². The minimum atomic E-state index is -0.594. The predicted octanol–water partition coefficient (Wildman–Crippen LogP) is 4.09. The molecule has 1 aliphatic rings. The zero-order chi connectivity index (χ0) is 15.8. The average Bonchev–Trinajstić information content (AvgIpc) is 2.36. The minimum Gasteiger partial charge on any atom is -0.363 e. The monoisotopic (exact) mass is 290 g/mol. The van der Waals surface area contributed by atoms with Gasteiger partial charge in [-0.1, -0.05) is 6.08 Å². The fourth-order valence-electron chi connectivity index (χ4n) is 2.96. The van der Waals surface area contributed by atoms with Gasteiger partial charge < -0.3 is 4.90 Å². The molecular weight excluding hydrogens is 271 g/mol. The van der Waals surface area contributed by atoms with E-state index in [9.17, 15) is 14.5 Å². The van der Waals surface area contributed by atoms with Crippen molar-refractivity contribution in [2.75, 3.05) is 11.4 Å². The molecule has 0 saturated heterocycles. The molecule has 0 spiro atoms. The van der Waals surface area contributed by atoms with Crippen LogP contribution in [0, 0.1) is 15.9 Å². The first-order valence-electron chi connectivity index (χ1n) is 6.89. The molecule has 0 saturated carbocycles. The highest BCUT2D eigenvalue weighted by molar-refractivity contribution is 5.82. The first kappa shape index (κ1) is 15.2. The van der Waals surface area contributed by atoms with E-state index >= 15 is 0 Å². The molecule has 1 aromatic rings. The van der Waals surface area contributed by atoms with Crippen molar-refractivity contribution in [1.29, 1.82) is 0 Å². The number of halogens is 1. The van der Waals surface area contributed by atoms with Crippen LogP contribution < -0.4 is 4.90 Å². The molecule has 0 bridgehead atoms. The number of hydrogen-bond acceptors (Lipinski definition) is 3. The number of likely N-dealkylation sites (N-methyl/N-ethyl adjacent to an activating group) is 1. The van der Waals surface area contributed by atoms with Crippen LogP contribution in [0.25, 0.3) is 11.6 Å². The van der Waals surface area contributed by atoms with Gasteiger partial charge in [-0.25, -0.2) is 4.39 Å². The zero-order valence-electron chi connectivity index (χ0n) is 12.7. The SMILES string of the molecule is CCN1c2cc(F)c(/C=C/[N+](=O)[O-])cc2C(C)=CC1(C)C. The minimum absolute atomic E-state index is 0.184. The van der Waals surface area contributed by atoms with Crippen molar-refractivity contribution in [1.82, 2.24) is 0 Å². The number of allylic oxidation sites excluding steroid dienone is 1. The number of anilines is 1. The van der Waals surface area contributed by atoms with Crippen molar-refractivity contribution < 1.29 is 9.31 Å². The summed E-state index contributed by atoms with van der Waals surface area (Å²) in [5.74, 6) is -0.448. The maximum absolute atomic E-state index is 14.2. The van der Waals surface area contributed by atoms with Gasteiger partial charge in [-0.15, -0.1) is 0 Å². The van der Waals surface area contributed by atoms with Gasteiger partial charge >= 0.3 is 0 Å². The molecule has 21 heavy (non-hydrogen) atoms. The van der Waals surface area contributed by atoms with Gasteiger partial charge in [-0.2, -0.15) is 0 Å². The molecule has 4 nitrogen and oxygen atoms in total. The van der Waals surface area contributed by atoms with Crippen LogP contribution in [0.5, 0.6) is 0 Å². The fourth-order valence-corrected chi connectivity index (χ4v) is 2.96. The van der Waals surface area contributed by atoms with Gasteiger partial charge in [-0.3, -0.25) is 10.1 Å². The van der Waals surface area contributed by atoms with Crippen LogP contribution in [0.15, 0.2) is 24.4 Å². The number of hydrogen-bond donors (Lipinski definition) is 0. The normalized spacial score (nSPS) is 16.8. The Morgan fingerprint density at radius 2 is 2.10 bits per heavy atom. The van der Waals surface area contributed by atoms with E-state index < -0.39 is 10.7 Å². The number of fused-ring (bicyclic) bond motifs is 1. The van der Waals surface area contributed by atoms with Crippen LogP contribution in [0.2, 0.25) is 0 Å². The molecule has 5 heteroatoms. The van der Waals surface area contributed by atoms with Gasteiger partial charge in [0.25, 0.3) is 0 Å². The number of rotatable bonds is 3. The summed E-state index contributed by atoms with van der Waals surface area (Å²) in [4.78, 5) is 11.9. The highest BCUT2D eigenvalue weighted by Crippen LogP contribution is 2.40. The third kappa shape index (κ3) is 2.82. The fraction of sp³-hybridized carbons (Fsp3) is 0.375. The van der Waals surface area contributed by atoms with Crippen molar-refractivity contribution in [3.63, 3.8) is 0 Å². The summed E-state index contributed by atoms with van der Waals surface area (Å²) >= 11 is 0. The summed E-state index contributed by atoms with van der Waals surface area (Å²) in [5, 5.41) is 10.4. The lowest BCUT2D eigenvalue weighted by atomic mass is 9.88. The Morgan fingerprint density at radius 1 is 1.43 bits per heavy atom. The van der Waals surface area contributed by atoms with Crippen LogP contribution in [-0.2, 0) is 0 Å². The molecule has 0 aromatic heterocycles. The summed E-state index contributed by atoms with van der Waals surface area (Å²) in [7, 11) is 0. The Bertz CT molecular complexity index is 648. The molecule has 1 aromatic carbocycles. The van der Waals surface area contributed by atoms with Crippen LogP contribution in [0.4, 0.5) is 10.1 Å².